The maximum atomic E-state index is 6.24. The highest BCUT2D eigenvalue weighted by atomic mass is 35.5. The molecule has 0 aliphatic heterocycles. The van der Waals surface area contributed by atoms with Crippen LogP contribution >= 0.6 is 23.2 Å². The molecule has 1 unspecified atom stereocenters. The van der Waals surface area contributed by atoms with Gasteiger partial charge in [0.2, 0.25) is 0 Å². The standard InChI is InChI=1S/C16H17Cl2NO/c1-2-15(19)12-8-13(17)16(14(18)9-12)20-10-11-6-4-3-5-7-11/h3-9,15H,2,10,19H2,1H3. The Morgan fingerprint density at radius 3 is 2.25 bits per heavy atom. The number of ether oxygens (including phenoxy) is 1. The molecule has 2 N–H and O–H groups in total. The van der Waals surface area contributed by atoms with Gasteiger partial charge in [0.25, 0.3) is 0 Å². The average Bonchev–Trinajstić information content (AvgIpc) is 2.46. The van der Waals surface area contributed by atoms with Crippen LogP contribution in [0.15, 0.2) is 42.5 Å². The molecule has 0 fully saturated rings. The lowest BCUT2D eigenvalue weighted by Gasteiger charge is -2.14. The molecular weight excluding hydrogens is 293 g/mol. The number of benzene rings is 2. The van der Waals surface area contributed by atoms with Crippen molar-refractivity contribution in [3.63, 3.8) is 0 Å². The number of hydrogen-bond acceptors (Lipinski definition) is 2. The molecule has 2 aromatic rings. The van der Waals surface area contributed by atoms with E-state index in [4.69, 9.17) is 33.7 Å². The summed E-state index contributed by atoms with van der Waals surface area (Å²) in [6, 6.07) is 13.4. The maximum Gasteiger partial charge on any atom is 0.156 e. The molecule has 0 aliphatic rings. The van der Waals surface area contributed by atoms with E-state index in [0.29, 0.717) is 22.4 Å². The van der Waals surface area contributed by atoms with E-state index in [-0.39, 0.29) is 6.04 Å². The molecule has 1 atom stereocenters. The van der Waals surface area contributed by atoms with Gasteiger partial charge in [-0.15, -0.1) is 0 Å². The van der Waals surface area contributed by atoms with Crippen LogP contribution < -0.4 is 10.5 Å². The van der Waals surface area contributed by atoms with Crippen LogP contribution in [-0.2, 0) is 6.61 Å². The number of rotatable bonds is 5. The first-order valence-electron chi connectivity index (χ1n) is 6.53. The molecule has 0 amide bonds. The fourth-order valence-corrected chi connectivity index (χ4v) is 2.51. The van der Waals surface area contributed by atoms with E-state index in [0.717, 1.165) is 17.5 Å². The molecule has 2 rings (SSSR count). The van der Waals surface area contributed by atoms with E-state index >= 15 is 0 Å². The summed E-state index contributed by atoms with van der Waals surface area (Å²) in [5.74, 6) is 0.504. The SMILES string of the molecule is CCC(N)c1cc(Cl)c(OCc2ccccc2)c(Cl)c1. The topological polar surface area (TPSA) is 35.2 Å². The highest BCUT2D eigenvalue weighted by Crippen LogP contribution is 2.36. The molecule has 2 nitrogen and oxygen atoms in total. The Kier molecular flexibility index (Phi) is 5.30. The summed E-state index contributed by atoms with van der Waals surface area (Å²) in [7, 11) is 0. The van der Waals surface area contributed by atoms with Crippen molar-refractivity contribution in [2.45, 2.75) is 26.0 Å². The smallest absolute Gasteiger partial charge is 0.156 e. The van der Waals surface area contributed by atoms with Crippen molar-refractivity contribution in [2.24, 2.45) is 5.73 Å². The first-order chi connectivity index (χ1) is 9.61. The van der Waals surface area contributed by atoms with Gasteiger partial charge in [-0.25, -0.2) is 0 Å². The van der Waals surface area contributed by atoms with Gasteiger partial charge >= 0.3 is 0 Å². The van der Waals surface area contributed by atoms with Crippen LogP contribution in [0.5, 0.6) is 5.75 Å². The molecule has 0 radical (unpaired) electrons. The summed E-state index contributed by atoms with van der Waals surface area (Å²) in [4.78, 5) is 0. The van der Waals surface area contributed by atoms with E-state index in [1.807, 2.05) is 49.4 Å². The quantitative estimate of drug-likeness (QED) is 0.845. The summed E-state index contributed by atoms with van der Waals surface area (Å²) in [5, 5.41) is 0.986. The first kappa shape index (κ1) is 15.2. The molecule has 0 saturated carbocycles. The number of nitrogens with two attached hydrogens (primary N) is 1. The van der Waals surface area contributed by atoms with Gasteiger partial charge in [-0.1, -0.05) is 60.5 Å². The van der Waals surface area contributed by atoms with E-state index in [1.54, 1.807) is 0 Å². The Morgan fingerprint density at radius 2 is 1.70 bits per heavy atom. The molecule has 20 heavy (non-hydrogen) atoms. The zero-order valence-electron chi connectivity index (χ0n) is 11.3. The third-order valence-corrected chi connectivity index (χ3v) is 3.68. The van der Waals surface area contributed by atoms with Crippen molar-refractivity contribution >= 4 is 23.2 Å². The van der Waals surface area contributed by atoms with Crippen LogP contribution in [0.1, 0.15) is 30.5 Å². The van der Waals surface area contributed by atoms with Gasteiger partial charge in [0.15, 0.2) is 5.75 Å². The maximum absolute atomic E-state index is 6.24. The molecule has 2 aromatic carbocycles. The molecule has 0 aromatic heterocycles. The summed E-state index contributed by atoms with van der Waals surface area (Å²) in [6.07, 6.45) is 0.830. The molecule has 106 valence electrons. The summed E-state index contributed by atoms with van der Waals surface area (Å²) >= 11 is 12.5. The van der Waals surface area contributed by atoms with Crippen LogP contribution in [0.4, 0.5) is 0 Å². The third kappa shape index (κ3) is 3.66. The van der Waals surface area contributed by atoms with Crippen molar-refractivity contribution in [1.82, 2.24) is 0 Å². The van der Waals surface area contributed by atoms with Gasteiger partial charge in [0, 0.05) is 6.04 Å². The lowest BCUT2D eigenvalue weighted by atomic mass is 10.1. The van der Waals surface area contributed by atoms with Gasteiger partial charge in [-0.3, -0.25) is 0 Å². The van der Waals surface area contributed by atoms with Crippen molar-refractivity contribution in [1.29, 1.82) is 0 Å². The molecule has 0 spiro atoms. The highest BCUT2D eigenvalue weighted by Gasteiger charge is 2.13. The molecule has 0 aliphatic carbocycles. The zero-order chi connectivity index (χ0) is 14.5. The number of halogens is 2. The predicted molar refractivity (Wildman–Crippen MR) is 84.5 cm³/mol. The highest BCUT2D eigenvalue weighted by molar-refractivity contribution is 6.37. The van der Waals surface area contributed by atoms with Crippen LogP contribution in [0.25, 0.3) is 0 Å². The first-order valence-corrected chi connectivity index (χ1v) is 7.28. The third-order valence-electron chi connectivity index (χ3n) is 3.11. The molecular formula is C16H17Cl2NO. The summed E-state index contributed by atoms with van der Waals surface area (Å²) in [6.45, 7) is 2.45. The second-order valence-electron chi connectivity index (χ2n) is 4.60. The Labute approximate surface area is 129 Å². The van der Waals surface area contributed by atoms with Crippen LogP contribution in [0.3, 0.4) is 0 Å². The lowest BCUT2D eigenvalue weighted by molar-refractivity contribution is 0.306. The van der Waals surface area contributed by atoms with Gasteiger partial charge < -0.3 is 10.5 Å². The van der Waals surface area contributed by atoms with E-state index in [2.05, 4.69) is 0 Å². The minimum atomic E-state index is -0.0619. The van der Waals surface area contributed by atoms with Crippen molar-refractivity contribution in [3.05, 3.63) is 63.6 Å². The molecule has 0 heterocycles. The normalized spacial score (nSPS) is 12.2. The fraction of sp³-hybridized carbons (Fsp3) is 0.250. The van der Waals surface area contributed by atoms with Crippen molar-refractivity contribution in [2.75, 3.05) is 0 Å². The lowest BCUT2D eigenvalue weighted by Crippen LogP contribution is -2.09. The monoisotopic (exact) mass is 309 g/mol. The second-order valence-corrected chi connectivity index (χ2v) is 5.42. The Morgan fingerprint density at radius 1 is 1.10 bits per heavy atom. The van der Waals surface area contributed by atoms with Crippen molar-refractivity contribution in [3.8, 4) is 5.75 Å². The molecule has 4 heteroatoms. The molecule has 0 saturated heterocycles. The van der Waals surface area contributed by atoms with Crippen LogP contribution in [0, 0.1) is 0 Å². The van der Waals surface area contributed by atoms with Crippen LogP contribution in [0.2, 0.25) is 10.0 Å². The largest absolute Gasteiger partial charge is 0.486 e. The molecule has 0 bridgehead atoms. The van der Waals surface area contributed by atoms with Crippen LogP contribution in [-0.4, -0.2) is 0 Å². The van der Waals surface area contributed by atoms with E-state index in [9.17, 15) is 0 Å². The van der Waals surface area contributed by atoms with E-state index in [1.165, 1.54) is 0 Å². The Balaban J connectivity index is 2.16. The Bertz CT molecular complexity index is 549. The van der Waals surface area contributed by atoms with Gasteiger partial charge in [0.05, 0.1) is 10.0 Å². The van der Waals surface area contributed by atoms with E-state index < -0.39 is 0 Å². The second kappa shape index (κ2) is 6.98. The Hall–Kier alpha value is -1.22. The van der Waals surface area contributed by atoms with Gasteiger partial charge in [-0.2, -0.15) is 0 Å². The summed E-state index contributed by atoms with van der Waals surface area (Å²) < 4.78 is 5.72. The van der Waals surface area contributed by atoms with Gasteiger partial charge in [-0.05, 0) is 29.7 Å². The number of hydrogen-bond donors (Lipinski definition) is 1. The van der Waals surface area contributed by atoms with Crippen molar-refractivity contribution < 1.29 is 4.74 Å². The zero-order valence-corrected chi connectivity index (χ0v) is 12.8. The predicted octanol–water partition coefficient (Wildman–Crippen LogP) is 4.98. The van der Waals surface area contributed by atoms with Gasteiger partial charge in [0.1, 0.15) is 6.61 Å². The summed E-state index contributed by atoms with van der Waals surface area (Å²) in [5.41, 5.74) is 7.98. The average molecular weight is 310 g/mol. The minimum absolute atomic E-state index is 0.0619. The minimum Gasteiger partial charge on any atom is -0.486 e. The fourth-order valence-electron chi connectivity index (χ4n) is 1.90.